The average Bonchev–Trinajstić information content (AvgIpc) is 2.43. The lowest BCUT2D eigenvalue weighted by atomic mass is 10.1. The molecule has 1 aromatic carbocycles. The fourth-order valence-electron chi connectivity index (χ4n) is 1.93. The molecular weight excluding hydrogens is 250 g/mol. The SMILES string of the molecule is CC(C)Nc1ncnc(NC(C)c2ccccc2)c1N. The fourth-order valence-corrected chi connectivity index (χ4v) is 1.93. The van der Waals surface area contributed by atoms with E-state index in [-0.39, 0.29) is 12.1 Å². The fraction of sp³-hybridized carbons (Fsp3) is 0.333. The number of anilines is 3. The van der Waals surface area contributed by atoms with E-state index in [1.165, 1.54) is 11.9 Å². The van der Waals surface area contributed by atoms with Crippen molar-refractivity contribution >= 4 is 17.3 Å². The first-order chi connectivity index (χ1) is 9.58. The first-order valence-electron chi connectivity index (χ1n) is 6.76. The van der Waals surface area contributed by atoms with Crippen molar-refractivity contribution in [2.45, 2.75) is 32.9 Å². The van der Waals surface area contributed by atoms with Gasteiger partial charge in [0.2, 0.25) is 0 Å². The van der Waals surface area contributed by atoms with E-state index >= 15 is 0 Å². The number of aromatic nitrogens is 2. The molecule has 5 nitrogen and oxygen atoms in total. The van der Waals surface area contributed by atoms with Gasteiger partial charge < -0.3 is 16.4 Å². The predicted octanol–water partition coefficient (Wildman–Crippen LogP) is 3.05. The summed E-state index contributed by atoms with van der Waals surface area (Å²) in [7, 11) is 0. The molecule has 106 valence electrons. The maximum absolute atomic E-state index is 6.11. The zero-order valence-electron chi connectivity index (χ0n) is 12.1. The van der Waals surface area contributed by atoms with Gasteiger partial charge in [-0.25, -0.2) is 9.97 Å². The lowest BCUT2D eigenvalue weighted by Gasteiger charge is -2.18. The highest BCUT2D eigenvalue weighted by atomic mass is 15.1. The van der Waals surface area contributed by atoms with Crippen LogP contribution in [0.3, 0.4) is 0 Å². The molecule has 1 unspecified atom stereocenters. The summed E-state index contributed by atoms with van der Waals surface area (Å²) in [5.41, 5.74) is 7.84. The predicted molar refractivity (Wildman–Crippen MR) is 83.7 cm³/mol. The highest BCUT2D eigenvalue weighted by Crippen LogP contribution is 2.26. The van der Waals surface area contributed by atoms with Gasteiger partial charge in [-0.05, 0) is 26.3 Å². The van der Waals surface area contributed by atoms with Crippen molar-refractivity contribution in [3.63, 3.8) is 0 Å². The van der Waals surface area contributed by atoms with E-state index in [2.05, 4.69) is 39.7 Å². The number of rotatable bonds is 5. The Morgan fingerprint density at radius 3 is 2.15 bits per heavy atom. The van der Waals surface area contributed by atoms with Crippen molar-refractivity contribution in [3.8, 4) is 0 Å². The average molecular weight is 271 g/mol. The molecule has 0 aliphatic rings. The second kappa shape index (κ2) is 6.23. The van der Waals surface area contributed by atoms with Crippen molar-refractivity contribution in [1.82, 2.24) is 9.97 Å². The molecule has 2 rings (SSSR count). The Bertz CT molecular complexity index is 553. The number of nitrogens with two attached hydrogens (primary N) is 1. The summed E-state index contributed by atoms with van der Waals surface area (Å²) in [6.45, 7) is 6.16. The molecule has 0 radical (unpaired) electrons. The lowest BCUT2D eigenvalue weighted by molar-refractivity contribution is 0.866. The van der Waals surface area contributed by atoms with Gasteiger partial charge in [-0.2, -0.15) is 0 Å². The summed E-state index contributed by atoms with van der Waals surface area (Å²) in [6, 6.07) is 10.6. The highest BCUT2D eigenvalue weighted by Gasteiger charge is 2.12. The topological polar surface area (TPSA) is 75.9 Å². The quantitative estimate of drug-likeness (QED) is 0.779. The van der Waals surface area contributed by atoms with Crippen molar-refractivity contribution < 1.29 is 0 Å². The van der Waals surface area contributed by atoms with Crippen LogP contribution in [0.1, 0.15) is 32.4 Å². The van der Waals surface area contributed by atoms with E-state index < -0.39 is 0 Å². The Morgan fingerprint density at radius 2 is 1.55 bits per heavy atom. The smallest absolute Gasteiger partial charge is 0.155 e. The van der Waals surface area contributed by atoms with Crippen LogP contribution in [-0.2, 0) is 0 Å². The van der Waals surface area contributed by atoms with Gasteiger partial charge in [0.05, 0.1) is 6.04 Å². The molecule has 0 saturated carbocycles. The largest absolute Gasteiger partial charge is 0.393 e. The Labute approximate surface area is 119 Å². The highest BCUT2D eigenvalue weighted by molar-refractivity contribution is 5.74. The van der Waals surface area contributed by atoms with Crippen LogP contribution in [0.2, 0.25) is 0 Å². The Kier molecular flexibility index (Phi) is 4.40. The molecule has 0 fully saturated rings. The van der Waals surface area contributed by atoms with E-state index in [1.54, 1.807) is 0 Å². The van der Waals surface area contributed by atoms with Crippen molar-refractivity contribution in [1.29, 1.82) is 0 Å². The van der Waals surface area contributed by atoms with Crippen LogP contribution in [0.5, 0.6) is 0 Å². The molecule has 5 heteroatoms. The lowest BCUT2D eigenvalue weighted by Crippen LogP contribution is -2.16. The molecule has 0 aliphatic carbocycles. The number of nitrogens with zero attached hydrogens (tertiary/aromatic N) is 2. The first-order valence-corrected chi connectivity index (χ1v) is 6.76. The standard InChI is InChI=1S/C15H21N5/c1-10(2)19-14-13(16)15(18-9-17-14)20-11(3)12-7-5-4-6-8-12/h4-11H,16H2,1-3H3,(H2,17,18,19,20). The Morgan fingerprint density at radius 1 is 0.950 bits per heavy atom. The number of hydrogen-bond acceptors (Lipinski definition) is 5. The van der Waals surface area contributed by atoms with Crippen LogP contribution in [0.25, 0.3) is 0 Å². The van der Waals surface area contributed by atoms with E-state index in [1.807, 2.05) is 32.0 Å². The van der Waals surface area contributed by atoms with Crippen molar-refractivity contribution in [2.75, 3.05) is 16.4 Å². The van der Waals surface area contributed by atoms with Crippen molar-refractivity contribution in [2.24, 2.45) is 0 Å². The molecule has 0 spiro atoms. The Balaban J connectivity index is 2.17. The Hall–Kier alpha value is -2.30. The van der Waals surface area contributed by atoms with Gasteiger partial charge in [0.1, 0.15) is 12.0 Å². The molecule has 1 heterocycles. The molecule has 0 aliphatic heterocycles. The van der Waals surface area contributed by atoms with E-state index in [0.29, 0.717) is 17.3 Å². The zero-order valence-corrected chi connectivity index (χ0v) is 12.1. The first kappa shape index (κ1) is 14.1. The maximum atomic E-state index is 6.11. The summed E-state index contributed by atoms with van der Waals surface area (Å²) in [6.07, 6.45) is 1.52. The maximum Gasteiger partial charge on any atom is 0.155 e. The molecular formula is C15H21N5. The molecule has 1 atom stereocenters. The molecule has 0 bridgehead atoms. The van der Waals surface area contributed by atoms with Gasteiger partial charge in [0, 0.05) is 6.04 Å². The minimum atomic E-state index is 0.125. The van der Waals surface area contributed by atoms with Crippen LogP contribution in [-0.4, -0.2) is 16.0 Å². The van der Waals surface area contributed by atoms with Crippen LogP contribution < -0.4 is 16.4 Å². The van der Waals surface area contributed by atoms with Gasteiger partial charge >= 0.3 is 0 Å². The molecule has 20 heavy (non-hydrogen) atoms. The van der Waals surface area contributed by atoms with Crippen LogP contribution in [0.4, 0.5) is 17.3 Å². The van der Waals surface area contributed by atoms with Crippen LogP contribution in [0, 0.1) is 0 Å². The van der Waals surface area contributed by atoms with Gasteiger partial charge in [0.15, 0.2) is 11.6 Å². The summed E-state index contributed by atoms with van der Waals surface area (Å²) < 4.78 is 0. The monoisotopic (exact) mass is 271 g/mol. The third kappa shape index (κ3) is 3.38. The molecule has 0 saturated heterocycles. The van der Waals surface area contributed by atoms with Crippen LogP contribution in [0.15, 0.2) is 36.7 Å². The molecule has 4 N–H and O–H groups in total. The van der Waals surface area contributed by atoms with Gasteiger partial charge in [-0.3, -0.25) is 0 Å². The zero-order chi connectivity index (χ0) is 14.5. The van der Waals surface area contributed by atoms with Gasteiger partial charge in [-0.15, -0.1) is 0 Å². The second-order valence-corrected chi connectivity index (χ2v) is 5.06. The summed E-state index contributed by atoms with van der Waals surface area (Å²) >= 11 is 0. The van der Waals surface area contributed by atoms with Crippen LogP contribution >= 0.6 is 0 Å². The summed E-state index contributed by atoms with van der Waals surface area (Å²) in [5.74, 6) is 1.32. The third-order valence-corrected chi connectivity index (χ3v) is 2.96. The molecule has 0 amide bonds. The van der Waals surface area contributed by atoms with E-state index in [0.717, 1.165) is 0 Å². The third-order valence-electron chi connectivity index (χ3n) is 2.96. The number of nitrogen functional groups attached to an aromatic ring is 1. The van der Waals surface area contributed by atoms with E-state index in [4.69, 9.17) is 5.73 Å². The van der Waals surface area contributed by atoms with Crippen molar-refractivity contribution in [3.05, 3.63) is 42.2 Å². The normalized spacial score (nSPS) is 12.2. The van der Waals surface area contributed by atoms with E-state index in [9.17, 15) is 0 Å². The number of hydrogen-bond donors (Lipinski definition) is 3. The summed E-state index contributed by atoms with van der Waals surface area (Å²) in [4.78, 5) is 8.40. The number of nitrogens with one attached hydrogen (secondary N) is 2. The minimum absolute atomic E-state index is 0.125. The minimum Gasteiger partial charge on any atom is -0.393 e. The number of benzene rings is 1. The molecule has 2 aromatic rings. The second-order valence-electron chi connectivity index (χ2n) is 5.06. The molecule has 1 aromatic heterocycles. The van der Waals surface area contributed by atoms with Gasteiger partial charge in [-0.1, -0.05) is 30.3 Å². The van der Waals surface area contributed by atoms with Gasteiger partial charge in [0.25, 0.3) is 0 Å². The summed E-state index contributed by atoms with van der Waals surface area (Å²) in [5, 5.41) is 6.53.